The number of hydrogen-bond acceptors (Lipinski definition) is 4. The van der Waals surface area contributed by atoms with E-state index in [4.69, 9.17) is 5.73 Å². The molecule has 0 spiro atoms. The van der Waals surface area contributed by atoms with Crippen molar-refractivity contribution in [3.8, 4) is 11.1 Å². The van der Waals surface area contributed by atoms with Crippen LogP contribution in [-0.2, 0) is 11.0 Å². The van der Waals surface area contributed by atoms with Crippen molar-refractivity contribution in [1.82, 2.24) is 9.88 Å². The van der Waals surface area contributed by atoms with Gasteiger partial charge in [-0.05, 0) is 55.3 Å². The Morgan fingerprint density at radius 2 is 1.71 bits per heavy atom. The monoisotopic (exact) mass is 485 g/mol. The molecule has 34 heavy (non-hydrogen) atoms. The normalized spacial score (nSPS) is 16.3. The molecule has 178 valence electrons. The molecule has 1 aliphatic rings. The number of piperidine rings is 1. The Bertz CT molecular complexity index is 1120. The van der Waals surface area contributed by atoms with Gasteiger partial charge in [0.25, 0.3) is 0 Å². The minimum atomic E-state index is -4.36. The van der Waals surface area contributed by atoms with Crippen LogP contribution < -0.4 is 5.73 Å². The fraction of sp³-hybridized carbons (Fsp3) is 0.308. The quantitative estimate of drug-likeness (QED) is 0.474. The molecule has 1 aliphatic heterocycles. The number of amides is 1. The number of thioether (sulfide) groups is 1. The lowest BCUT2D eigenvalue weighted by Crippen LogP contribution is -2.40. The molecule has 1 fully saturated rings. The summed E-state index contributed by atoms with van der Waals surface area (Å²) in [4.78, 5) is 19.1. The number of aromatic nitrogens is 1. The van der Waals surface area contributed by atoms with E-state index in [2.05, 4.69) is 9.88 Å². The van der Waals surface area contributed by atoms with E-state index in [1.165, 1.54) is 23.9 Å². The number of benzene rings is 2. The van der Waals surface area contributed by atoms with Crippen molar-refractivity contribution in [3.05, 3.63) is 84.2 Å². The van der Waals surface area contributed by atoms with Gasteiger partial charge in [0.05, 0.1) is 11.5 Å². The lowest BCUT2D eigenvalue weighted by molar-refractivity contribution is -0.139. The minimum Gasteiger partial charge on any atom is -0.369 e. The van der Waals surface area contributed by atoms with Crippen LogP contribution >= 0.6 is 11.8 Å². The van der Waals surface area contributed by atoms with Gasteiger partial charge >= 0.3 is 6.18 Å². The lowest BCUT2D eigenvalue weighted by Gasteiger charge is -2.33. The third-order valence-corrected chi connectivity index (χ3v) is 7.49. The number of likely N-dealkylation sites (tertiary alicyclic amines) is 1. The zero-order valence-electron chi connectivity index (χ0n) is 18.5. The van der Waals surface area contributed by atoms with E-state index >= 15 is 0 Å². The molecule has 3 aromatic rings. The fourth-order valence-corrected chi connectivity index (χ4v) is 5.52. The predicted octanol–water partition coefficient (Wildman–Crippen LogP) is 5.59. The van der Waals surface area contributed by atoms with E-state index in [0.29, 0.717) is 19.6 Å². The highest BCUT2D eigenvalue weighted by Gasteiger charge is 2.34. The molecule has 0 radical (unpaired) electrons. The second-order valence-corrected chi connectivity index (χ2v) is 9.78. The average molecular weight is 486 g/mol. The summed E-state index contributed by atoms with van der Waals surface area (Å²) in [5.41, 5.74) is 7.87. The van der Waals surface area contributed by atoms with Crippen LogP contribution in [0.2, 0.25) is 0 Å². The SMILES string of the molecule is NC(=O)C(CN1CCC(Sc2ccccc2C(F)(F)F)CC1)c1cncc(-c2ccccc2)c1. The number of nitrogens with two attached hydrogens (primary N) is 1. The van der Waals surface area contributed by atoms with Crippen molar-refractivity contribution < 1.29 is 18.0 Å². The topological polar surface area (TPSA) is 59.2 Å². The minimum absolute atomic E-state index is 0.0925. The van der Waals surface area contributed by atoms with E-state index in [1.807, 2.05) is 36.4 Å². The van der Waals surface area contributed by atoms with Crippen LogP contribution in [0.25, 0.3) is 11.1 Å². The number of carbonyl (C=O) groups is 1. The van der Waals surface area contributed by atoms with Gasteiger partial charge in [-0.2, -0.15) is 13.2 Å². The van der Waals surface area contributed by atoms with Crippen LogP contribution in [0.15, 0.2) is 78.0 Å². The summed E-state index contributed by atoms with van der Waals surface area (Å²) < 4.78 is 39.9. The highest BCUT2D eigenvalue weighted by Crippen LogP contribution is 2.40. The van der Waals surface area contributed by atoms with Gasteiger partial charge in [-0.15, -0.1) is 11.8 Å². The molecule has 0 bridgehead atoms. The van der Waals surface area contributed by atoms with Crippen LogP contribution in [0.1, 0.15) is 29.9 Å². The summed E-state index contributed by atoms with van der Waals surface area (Å²) in [5.74, 6) is -0.922. The highest BCUT2D eigenvalue weighted by atomic mass is 32.2. The molecule has 4 nitrogen and oxygen atoms in total. The first-order valence-corrected chi connectivity index (χ1v) is 12.0. The molecule has 2 heterocycles. The summed E-state index contributed by atoms with van der Waals surface area (Å²) in [6, 6.07) is 17.5. The lowest BCUT2D eigenvalue weighted by atomic mass is 9.95. The maximum Gasteiger partial charge on any atom is 0.417 e. The molecule has 0 saturated carbocycles. The van der Waals surface area contributed by atoms with Crippen LogP contribution in [0.5, 0.6) is 0 Å². The Balaban J connectivity index is 1.40. The number of carbonyl (C=O) groups excluding carboxylic acids is 1. The number of pyridine rings is 1. The number of rotatable bonds is 7. The first kappa shape index (κ1) is 24.3. The molecule has 2 N–H and O–H groups in total. The van der Waals surface area contributed by atoms with E-state index in [-0.39, 0.29) is 10.1 Å². The van der Waals surface area contributed by atoms with Gasteiger partial charge in [-0.3, -0.25) is 9.78 Å². The Hall–Kier alpha value is -2.84. The Morgan fingerprint density at radius 1 is 1.03 bits per heavy atom. The van der Waals surface area contributed by atoms with E-state index in [9.17, 15) is 18.0 Å². The molecular weight excluding hydrogens is 459 g/mol. The summed E-state index contributed by atoms with van der Waals surface area (Å²) in [6.45, 7) is 1.86. The third-order valence-electron chi connectivity index (χ3n) is 6.07. The molecule has 1 saturated heterocycles. The van der Waals surface area contributed by atoms with Crippen molar-refractivity contribution in [3.63, 3.8) is 0 Å². The highest BCUT2D eigenvalue weighted by molar-refractivity contribution is 8.00. The van der Waals surface area contributed by atoms with E-state index < -0.39 is 23.6 Å². The number of hydrogen-bond donors (Lipinski definition) is 1. The second-order valence-electron chi connectivity index (χ2n) is 8.44. The molecule has 1 aromatic heterocycles. The smallest absolute Gasteiger partial charge is 0.369 e. The third kappa shape index (κ3) is 5.98. The van der Waals surface area contributed by atoms with Crippen LogP contribution in [-0.4, -0.2) is 40.7 Å². The molecule has 0 aliphatic carbocycles. The predicted molar refractivity (Wildman–Crippen MR) is 128 cm³/mol. The van der Waals surface area contributed by atoms with Crippen molar-refractivity contribution >= 4 is 17.7 Å². The van der Waals surface area contributed by atoms with Crippen molar-refractivity contribution in [2.75, 3.05) is 19.6 Å². The zero-order valence-corrected chi connectivity index (χ0v) is 19.4. The average Bonchev–Trinajstić information content (AvgIpc) is 2.84. The Kier molecular flexibility index (Phi) is 7.58. The van der Waals surface area contributed by atoms with Gasteiger partial charge in [-0.1, -0.05) is 42.5 Å². The number of alkyl halides is 3. The number of primary amides is 1. The standard InChI is InChI=1S/C26H26F3N3OS/c27-26(28,29)23-8-4-5-9-24(23)34-21-10-12-32(13-11-21)17-22(25(30)33)20-14-19(15-31-16-20)18-6-2-1-3-7-18/h1-9,14-16,21-22H,10-13,17H2,(H2,30,33). The van der Waals surface area contributed by atoms with Gasteiger partial charge in [-0.25, -0.2) is 0 Å². The zero-order chi connectivity index (χ0) is 24.1. The van der Waals surface area contributed by atoms with Crippen LogP contribution in [0, 0.1) is 0 Å². The summed E-state index contributed by atoms with van der Waals surface area (Å²) >= 11 is 1.29. The first-order valence-electron chi connectivity index (χ1n) is 11.2. The number of nitrogens with zero attached hydrogens (tertiary/aromatic N) is 2. The first-order chi connectivity index (χ1) is 16.3. The van der Waals surface area contributed by atoms with E-state index in [0.717, 1.165) is 35.6 Å². The fourth-order valence-electron chi connectivity index (χ4n) is 4.25. The van der Waals surface area contributed by atoms with Crippen molar-refractivity contribution in [2.24, 2.45) is 5.73 Å². The molecule has 4 rings (SSSR count). The van der Waals surface area contributed by atoms with Crippen LogP contribution in [0.3, 0.4) is 0 Å². The Morgan fingerprint density at radius 3 is 2.38 bits per heavy atom. The summed E-state index contributed by atoms with van der Waals surface area (Å²) in [6.07, 6.45) is 0.563. The maximum absolute atomic E-state index is 13.3. The molecule has 1 atom stereocenters. The maximum atomic E-state index is 13.3. The molecule has 2 aromatic carbocycles. The van der Waals surface area contributed by atoms with Crippen molar-refractivity contribution in [2.45, 2.75) is 35.1 Å². The second kappa shape index (κ2) is 10.6. The van der Waals surface area contributed by atoms with Crippen LogP contribution in [0.4, 0.5) is 13.2 Å². The number of halogens is 3. The molecular formula is C26H26F3N3OS. The molecule has 8 heteroatoms. The van der Waals surface area contributed by atoms with Gasteiger partial charge in [0.1, 0.15) is 0 Å². The Labute approximate surface area is 201 Å². The molecule has 1 unspecified atom stereocenters. The summed E-state index contributed by atoms with van der Waals surface area (Å²) in [5, 5.41) is 0.0925. The summed E-state index contributed by atoms with van der Waals surface area (Å²) in [7, 11) is 0. The van der Waals surface area contributed by atoms with E-state index in [1.54, 1.807) is 18.5 Å². The van der Waals surface area contributed by atoms with Gasteiger partial charge in [0.15, 0.2) is 0 Å². The van der Waals surface area contributed by atoms with Crippen molar-refractivity contribution in [1.29, 1.82) is 0 Å². The van der Waals surface area contributed by atoms with Gasteiger partial charge in [0.2, 0.25) is 5.91 Å². The van der Waals surface area contributed by atoms with Gasteiger partial charge in [0, 0.05) is 34.6 Å². The van der Waals surface area contributed by atoms with Gasteiger partial charge < -0.3 is 10.6 Å². The largest absolute Gasteiger partial charge is 0.417 e. The molecule has 1 amide bonds.